The number of ether oxygens (including phenoxy) is 3. The van der Waals surface area contributed by atoms with Crippen LogP contribution in [0.25, 0.3) is 0 Å². The number of benzene rings is 2. The average molecular weight is 258 g/mol. The van der Waals surface area contributed by atoms with Crippen LogP contribution >= 0.6 is 0 Å². The van der Waals surface area contributed by atoms with Crippen LogP contribution in [0.5, 0.6) is 11.5 Å². The zero-order valence-corrected chi connectivity index (χ0v) is 11.3. The van der Waals surface area contributed by atoms with Crippen LogP contribution in [0.1, 0.15) is 11.1 Å². The van der Waals surface area contributed by atoms with Gasteiger partial charge in [-0.3, -0.25) is 0 Å². The molecule has 2 aromatic carbocycles. The van der Waals surface area contributed by atoms with E-state index in [2.05, 4.69) is 0 Å². The second-order valence-corrected chi connectivity index (χ2v) is 4.17. The third kappa shape index (κ3) is 3.56. The lowest BCUT2D eigenvalue weighted by atomic mass is 10.1. The smallest absolute Gasteiger partial charge is 0.133 e. The molecular formula is C16H18O3. The van der Waals surface area contributed by atoms with Gasteiger partial charge in [0, 0.05) is 19.8 Å². The van der Waals surface area contributed by atoms with E-state index >= 15 is 0 Å². The van der Waals surface area contributed by atoms with E-state index in [-0.39, 0.29) is 0 Å². The Labute approximate surface area is 113 Å². The normalized spacial score (nSPS) is 10.4. The van der Waals surface area contributed by atoms with E-state index in [1.807, 2.05) is 48.5 Å². The number of hydrogen-bond acceptors (Lipinski definition) is 3. The Morgan fingerprint density at radius 2 is 1.53 bits per heavy atom. The first-order valence-electron chi connectivity index (χ1n) is 6.16. The summed E-state index contributed by atoms with van der Waals surface area (Å²) in [7, 11) is 3.36. The highest BCUT2D eigenvalue weighted by atomic mass is 16.5. The second kappa shape index (κ2) is 6.92. The fourth-order valence-electron chi connectivity index (χ4n) is 1.92. The van der Waals surface area contributed by atoms with E-state index in [0.717, 1.165) is 22.6 Å². The summed E-state index contributed by atoms with van der Waals surface area (Å²) in [6.45, 7) is 1.05. The lowest BCUT2D eigenvalue weighted by molar-refractivity contribution is 0.166. The SMILES string of the molecule is COCc1cccc(Oc2ccccc2)c1COC. The maximum atomic E-state index is 5.91. The summed E-state index contributed by atoms with van der Waals surface area (Å²) in [6, 6.07) is 15.7. The van der Waals surface area contributed by atoms with Crippen molar-refractivity contribution < 1.29 is 14.2 Å². The quantitative estimate of drug-likeness (QED) is 0.789. The minimum absolute atomic E-state index is 0.502. The van der Waals surface area contributed by atoms with Crippen LogP contribution in [0.3, 0.4) is 0 Å². The zero-order valence-electron chi connectivity index (χ0n) is 11.3. The molecule has 0 N–H and O–H groups in total. The van der Waals surface area contributed by atoms with Crippen molar-refractivity contribution in [1.29, 1.82) is 0 Å². The van der Waals surface area contributed by atoms with Gasteiger partial charge in [0.05, 0.1) is 13.2 Å². The van der Waals surface area contributed by atoms with Crippen molar-refractivity contribution in [3.05, 3.63) is 59.7 Å². The lowest BCUT2D eigenvalue weighted by Crippen LogP contribution is -2.00. The van der Waals surface area contributed by atoms with Gasteiger partial charge in [0.2, 0.25) is 0 Å². The molecule has 0 aliphatic heterocycles. The Kier molecular flexibility index (Phi) is 4.95. The molecule has 0 saturated carbocycles. The molecule has 2 rings (SSSR count). The predicted molar refractivity (Wildman–Crippen MR) is 74.4 cm³/mol. The van der Waals surface area contributed by atoms with E-state index in [4.69, 9.17) is 14.2 Å². The molecule has 0 aliphatic carbocycles. The Morgan fingerprint density at radius 1 is 0.789 bits per heavy atom. The van der Waals surface area contributed by atoms with Gasteiger partial charge in [0.1, 0.15) is 11.5 Å². The molecule has 100 valence electrons. The topological polar surface area (TPSA) is 27.7 Å². The maximum Gasteiger partial charge on any atom is 0.133 e. The minimum Gasteiger partial charge on any atom is -0.457 e. The number of rotatable bonds is 6. The highest BCUT2D eigenvalue weighted by Crippen LogP contribution is 2.28. The van der Waals surface area contributed by atoms with Gasteiger partial charge in [0.15, 0.2) is 0 Å². The van der Waals surface area contributed by atoms with Gasteiger partial charge in [-0.2, -0.15) is 0 Å². The van der Waals surface area contributed by atoms with Gasteiger partial charge in [-0.1, -0.05) is 30.3 Å². The molecule has 0 radical (unpaired) electrons. The van der Waals surface area contributed by atoms with Crippen LogP contribution in [0.15, 0.2) is 48.5 Å². The molecule has 0 aromatic heterocycles. The van der Waals surface area contributed by atoms with Crippen LogP contribution in [-0.4, -0.2) is 14.2 Å². The summed E-state index contributed by atoms with van der Waals surface area (Å²) in [4.78, 5) is 0. The molecule has 0 spiro atoms. The summed E-state index contributed by atoms with van der Waals surface area (Å²) in [5, 5.41) is 0. The van der Waals surface area contributed by atoms with Gasteiger partial charge < -0.3 is 14.2 Å². The van der Waals surface area contributed by atoms with Crippen molar-refractivity contribution >= 4 is 0 Å². The molecule has 3 nitrogen and oxygen atoms in total. The fourth-order valence-corrected chi connectivity index (χ4v) is 1.92. The Hall–Kier alpha value is -1.84. The predicted octanol–water partition coefficient (Wildman–Crippen LogP) is 3.77. The number of hydrogen-bond donors (Lipinski definition) is 0. The van der Waals surface area contributed by atoms with E-state index < -0.39 is 0 Å². The molecule has 0 fully saturated rings. The van der Waals surface area contributed by atoms with Gasteiger partial charge in [0.25, 0.3) is 0 Å². The summed E-state index contributed by atoms with van der Waals surface area (Å²) in [5.74, 6) is 1.62. The molecule has 0 heterocycles. The number of para-hydroxylation sites is 1. The first-order chi connectivity index (χ1) is 9.35. The van der Waals surface area contributed by atoms with E-state index in [0.29, 0.717) is 13.2 Å². The minimum atomic E-state index is 0.502. The molecule has 3 heteroatoms. The van der Waals surface area contributed by atoms with Crippen molar-refractivity contribution in [2.24, 2.45) is 0 Å². The molecular weight excluding hydrogens is 240 g/mol. The molecule has 0 aliphatic rings. The monoisotopic (exact) mass is 258 g/mol. The molecule has 0 saturated heterocycles. The van der Waals surface area contributed by atoms with Gasteiger partial charge in [-0.05, 0) is 23.8 Å². The standard InChI is InChI=1S/C16H18O3/c1-17-11-13-7-6-10-16(15(13)12-18-2)19-14-8-4-3-5-9-14/h3-10H,11-12H2,1-2H3. The Balaban J connectivity index is 2.30. The van der Waals surface area contributed by atoms with Crippen molar-refractivity contribution in [3.63, 3.8) is 0 Å². The van der Waals surface area contributed by atoms with E-state index in [9.17, 15) is 0 Å². The Morgan fingerprint density at radius 3 is 2.21 bits per heavy atom. The highest BCUT2D eigenvalue weighted by Gasteiger charge is 2.10. The third-order valence-corrected chi connectivity index (χ3v) is 2.79. The van der Waals surface area contributed by atoms with Crippen molar-refractivity contribution in [2.75, 3.05) is 14.2 Å². The highest BCUT2D eigenvalue weighted by molar-refractivity contribution is 5.42. The summed E-state index contributed by atoms with van der Waals surface area (Å²) in [6.07, 6.45) is 0. The molecule has 19 heavy (non-hydrogen) atoms. The van der Waals surface area contributed by atoms with Gasteiger partial charge in [-0.25, -0.2) is 0 Å². The van der Waals surface area contributed by atoms with E-state index in [1.54, 1.807) is 14.2 Å². The molecule has 2 aromatic rings. The van der Waals surface area contributed by atoms with E-state index in [1.165, 1.54) is 0 Å². The lowest BCUT2D eigenvalue weighted by Gasteiger charge is -2.14. The van der Waals surface area contributed by atoms with Crippen LogP contribution < -0.4 is 4.74 Å². The maximum absolute atomic E-state index is 5.91. The molecule has 0 bridgehead atoms. The second-order valence-electron chi connectivity index (χ2n) is 4.17. The van der Waals surface area contributed by atoms with Crippen LogP contribution in [0, 0.1) is 0 Å². The Bertz CT molecular complexity index is 509. The van der Waals surface area contributed by atoms with Crippen LogP contribution in [0.2, 0.25) is 0 Å². The van der Waals surface area contributed by atoms with Gasteiger partial charge >= 0.3 is 0 Å². The largest absolute Gasteiger partial charge is 0.457 e. The molecule has 0 atom stereocenters. The van der Waals surface area contributed by atoms with Crippen molar-refractivity contribution in [3.8, 4) is 11.5 Å². The van der Waals surface area contributed by atoms with Crippen molar-refractivity contribution in [1.82, 2.24) is 0 Å². The zero-order chi connectivity index (χ0) is 13.5. The number of methoxy groups -OCH3 is 2. The van der Waals surface area contributed by atoms with Crippen LogP contribution in [0.4, 0.5) is 0 Å². The van der Waals surface area contributed by atoms with Crippen LogP contribution in [-0.2, 0) is 22.7 Å². The summed E-state index contributed by atoms with van der Waals surface area (Å²) < 4.78 is 16.4. The first-order valence-corrected chi connectivity index (χ1v) is 6.16. The summed E-state index contributed by atoms with van der Waals surface area (Å²) >= 11 is 0. The fraction of sp³-hybridized carbons (Fsp3) is 0.250. The average Bonchev–Trinajstić information content (AvgIpc) is 2.44. The third-order valence-electron chi connectivity index (χ3n) is 2.79. The molecule has 0 unspecified atom stereocenters. The van der Waals surface area contributed by atoms with Crippen molar-refractivity contribution in [2.45, 2.75) is 13.2 Å². The van der Waals surface area contributed by atoms with Gasteiger partial charge in [-0.15, -0.1) is 0 Å². The summed E-state index contributed by atoms with van der Waals surface area (Å²) in [5.41, 5.74) is 2.11. The first kappa shape index (κ1) is 13.6. The molecule has 0 amide bonds.